The van der Waals surface area contributed by atoms with Crippen LogP contribution in [0.15, 0.2) is 48.5 Å². The molecule has 9 N–H and O–H groups in total. The number of carbonyl (C=O) groups excluding carboxylic acids is 7. The van der Waals surface area contributed by atoms with Crippen LogP contribution in [0.3, 0.4) is 0 Å². The van der Waals surface area contributed by atoms with Crippen LogP contribution in [0.4, 0.5) is 0 Å². The van der Waals surface area contributed by atoms with Gasteiger partial charge in [0.05, 0.1) is 26.0 Å². The summed E-state index contributed by atoms with van der Waals surface area (Å²) in [6, 6.07) is 13.8. The van der Waals surface area contributed by atoms with Crippen molar-refractivity contribution < 1.29 is 43.0 Å². The van der Waals surface area contributed by atoms with Crippen LogP contribution in [-0.2, 0) is 24.0 Å². The number of nitrogens with two attached hydrogens (primary N) is 1. The number of methoxy groups -OCH3 is 2. The fourth-order valence-corrected chi connectivity index (χ4v) is 8.27. The third-order valence-electron chi connectivity index (χ3n) is 11.6. The summed E-state index contributed by atoms with van der Waals surface area (Å²) in [7, 11) is 3.13. The molecule has 0 saturated carbocycles. The number of ketones is 1. The van der Waals surface area contributed by atoms with E-state index in [0.717, 1.165) is 21.8 Å². The quantitative estimate of drug-likeness (QED) is 0.0595. The predicted molar refractivity (Wildman–Crippen MR) is 242 cm³/mol. The first kappa shape index (κ1) is 49.1. The van der Waals surface area contributed by atoms with Gasteiger partial charge in [-0.25, -0.2) is 0 Å². The Kier molecular flexibility index (Phi) is 17.1. The van der Waals surface area contributed by atoms with E-state index in [0.29, 0.717) is 61.7 Å². The highest BCUT2D eigenvalue weighted by Gasteiger charge is 2.34. The van der Waals surface area contributed by atoms with Gasteiger partial charge in [0.15, 0.2) is 5.78 Å². The minimum atomic E-state index is -0.964. The van der Waals surface area contributed by atoms with Crippen LogP contribution in [0.2, 0.25) is 0 Å². The molecule has 2 saturated heterocycles. The molecule has 2 aromatic heterocycles. The molecular weight excluding hydrogens is 835 g/mol. The lowest BCUT2D eigenvalue weighted by molar-refractivity contribution is -0.131. The van der Waals surface area contributed by atoms with Crippen LogP contribution in [0.5, 0.6) is 11.5 Å². The number of nitriles is 1. The van der Waals surface area contributed by atoms with Crippen LogP contribution in [0.25, 0.3) is 21.8 Å². The molecule has 6 rings (SSSR count). The summed E-state index contributed by atoms with van der Waals surface area (Å²) in [5, 5.41) is 24.7. The molecule has 2 aliphatic rings. The van der Waals surface area contributed by atoms with Gasteiger partial charge in [0, 0.05) is 59.1 Å². The van der Waals surface area contributed by atoms with Gasteiger partial charge in [-0.1, -0.05) is 39.8 Å². The largest absolute Gasteiger partial charge is 0.496 e. The molecule has 0 unspecified atom stereocenters. The van der Waals surface area contributed by atoms with Crippen molar-refractivity contribution in [2.24, 2.45) is 35.3 Å². The van der Waals surface area contributed by atoms with E-state index in [-0.39, 0.29) is 60.5 Å². The maximum absolute atomic E-state index is 13.1. The van der Waals surface area contributed by atoms with Crippen molar-refractivity contribution >= 4 is 63.0 Å². The second-order valence-corrected chi connectivity index (χ2v) is 17.5. The Hall–Kier alpha value is -6.90. The minimum Gasteiger partial charge on any atom is -0.496 e. The number of aromatic nitrogens is 2. The standard InChI is InChI=1S/C24H32N4O5.C23H29N5O4/c1-13(2)9-15(24(32)28-19(22(25)30)10-14-7-8-26-23(14)31)11-20(29)18-12-16-17(27-18)5-4-6-21(16)33-3;1-13(2)9-18(22(30)26-15(12-24)10-14-7-8-25-21(14)29)28-23(31)19-11-16-17(27-19)5-4-6-20(16)32-3/h4-6,12-15,19,27H,7-11H2,1-3H3,(H2,25,30)(H,26,31)(H,28,32);4-6,11,13-15,18,27H,7-10H2,1-3H3,(H,25,29)(H,26,30)(H,28,31)/t14-,15+,19-;14-,15-,18-/m00/s1. The number of fused-ring (bicyclic) bond motifs is 2. The van der Waals surface area contributed by atoms with Crippen LogP contribution in [-0.4, -0.2) is 96.6 Å². The highest BCUT2D eigenvalue weighted by Crippen LogP contribution is 2.29. The molecular formula is C47H61N9O9. The number of ether oxygens (including phenoxy) is 2. The van der Waals surface area contributed by atoms with Crippen molar-refractivity contribution in [1.82, 2.24) is 36.6 Å². The number of H-pyrrole nitrogens is 2. The maximum atomic E-state index is 13.1. The summed E-state index contributed by atoms with van der Waals surface area (Å²) in [4.78, 5) is 93.8. The number of carbonyl (C=O) groups is 7. The third-order valence-corrected chi connectivity index (χ3v) is 11.6. The van der Waals surface area contributed by atoms with E-state index in [1.165, 1.54) is 0 Å². The number of benzene rings is 2. The Morgan fingerprint density at radius 1 is 0.738 bits per heavy atom. The summed E-state index contributed by atoms with van der Waals surface area (Å²) in [6.45, 7) is 8.95. The Morgan fingerprint density at radius 2 is 1.28 bits per heavy atom. The lowest BCUT2D eigenvalue weighted by Gasteiger charge is -2.23. The van der Waals surface area contributed by atoms with Crippen molar-refractivity contribution in [2.45, 2.75) is 90.8 Å². The number of hydrogen-bond acceptors (Lipinski definition) is 10. The number of amides is 6. The van der Waals surface area contributed by atoms with Gasteiger partial charge in [0.25, 0.3) is 5.91 Å². The average molecular weight is 896 g/mol. The number of aromatic amines is 2. The van der Waals surface area contributed by atoms with E-state index >= 15 is 0 Å². The second-order valence-electron chi connectivity index (χ2n) is 17.5. The fourth-order valence-electron chi connectivity index (χ4n) is 8.27. The Balaban J connectivity index is 0.000000244. The molecule has 4 heterocycles. The highest BCUT2D eigenvalue weighted by atomic mass is 16.5. The number of primary amides is 1. The predicted octanol–water partition coefficient (Wildman–Crippen LogP) is 3.76. The zero-order valence-electron chi connectivity index (χ0n) is 37.8. The molecule has 18 nitrogen and oxygen atoms in total. The van der Waals surface area contributed by atoms with Crippen molar-refractivity contribution in [3.8, 4) is 17.6 Å². The first-order chi connectivity index (χ1) is 31.0. The van der Waals surface area contributed by atoms with Crippen molar-refractivity contribution in [3.63, 3.8) is 0 Å². The van der Waals surface area contributed by atoms with Crippen LogP contribution < -0.4 is 41.8 Å². The average Bonchev–Trinajstić information content (AvgIpc) is 4.09. The lowest BCUT2D eigenvalue weighted by atomic mass is 9.90. The van der Waals surface area contributed by atoms with Crippen molar-refractivity contribution in [1.29, 1.82) is 5.26 Å². The van der Waals surface area contributed by atoms with Gasteiger partial charge in [-0.05, 0) is 86.8 Å². The highest BCUT2D eigenvalue weighted by molar-refractivity contribution is 6.03. The first-order valence-electron chi connectivity index (χ1n) is 22.0. The van der Waals surface area contributed by atoms with Crippen molar-refractivity contribution in [3.05, 3.63) is 59.9 Å². The topological polar surface area (TPSA) is 279 Å². The van der Waals surface area contributed by atoms with E-state index in [4.69, 9.17) is 15.2 Å². The van der Waals surface area contributed by atoms with Gasteiger partial charge in [-0.2, -0.15) is 5.26 Å². The molecule has 2 fully saturated rings. The lowest BCUT2D eigenvalue weighted by Crippen LogP contribution is -2.50. The fraction of sp³-hybridized carbons (Fsp3) is 0.489. The van der Waals surface area contributed by atoms with E-state index in [1.54, 1.807) is 32.4 Å². The normalized spacial score (nSPS) is 17.5. The summed E-state index contributed by atoms with van der Waals surface area (Å²) in [5.41, 5.74) is 7.73. The minimum absolute atomic E-state index is 0.0193. The third kappa shape index (κ3) is 13.1. The molecule has 6 amide bonds. The van der Waals surface area contributed by atoms with Gasteiger partial charge in [0.2, 0.25) is 29.5 Å². The molecule has 348 valence electrons. The molecule has 0 aliphatic carbocycles. The summed E-state index contributed by atoms with van der Waals surface area (Å²) in [5.74, 6) is -2.12. The number of nitrogens with one attached hydrogen (secondary N) is 7. The van der Waals surface area contributed by atoms with Crippen LogP contribution in [0, 0.1) is 40.9 Å². The van der Waals surface area contributed by atoms with Crippen LogP contribution in [0.1, 0.15) is 93.6 Å². The maximum Gasteiger partial charge on any atom is 0.268 e. The molecule has 2 aliphatic heterocycles. The summed E-state index contributed by atoms with van der Waals surface area (Å²) < 4.78 is 10.7. The van der Waals surface area contributed by atoms with Gasteiger partial charge >= 0.3 is 0 Å². The SMILES string of the molecule is COc1cccc2[nH]c(C(=O)C[C@@H](CC(C)C)C(=O)N[C@@H](C[C@@H]3CCNC3=O)C(N)=O)cc12.COc1cccc2[nH]c(C(=O)N[C@@H](CC(C)C)C(=O)N[C@H](C#N)C[C@@H]3CCNC3=O)cc12. The molecule has 0 radical (unpaired) electrons. The first-order valence-corrected chi connectivity index (χ1v) is 22.0. The molecule has 0 spiro atoms. The van der Waals surface area contributed by atoms with E-state index < -0.39 is 47.7 Å². The molecule has 65 heavy (non-hydrogen) atoms. The van der Waals surface area contributed by atoms with E-state index in [1.807, 2.05) is 58.0 Å². The molecule has 18 heteroatoms. The number of Topliss-reactive ketones (excluding diaryl/α,β-unsaturated/α-hetero) is 1. The van der Waals surface area contributed by atoms with Gasteiger partial charge < -0.3 is 51.8 Å². The second kappa shape index (κ2) is 22.6. The zero-order chi connectivity index (χ0) is 47.4. The number of rotatable bonds is 20. The van der Waals surface area contributed by atoms with E-state index in [2.05, 4.69) is 42.6 Å². The zero-order valence-corrected chi connectivity index (χ0v) is 37.8. The Morgan fingerprint density at radius 3 is 1.77 bits per heavy atom. The smallest absolute Gasteiger partial charge is 0.268 e. The molecule has 0 bridgehead atoms. The van der Waals surface area contributed by atoms with Gasteiger partial charge in [-0.3, -0.25) is 33.6 Å². The number of hydrogen-bond donors (Lipinski definition) is 8. The summed E-state index contributed by atoms with van der Waals surface area (Å²) in [6.07, 6.45) is 2.49. The molecule has 6 atom stereocenters. The summed E-state index contributed by atoms with van der Waals surface area (Å²) >= 11 is 0. The Bertz CT molecular complexity index is 2420. The molecule has 2 aromatic carbocycles. The van der Waals surface area contributed by atoms with Crippen molar-refractivity contribution in [2.75, 3.05) is 27.3 Å². The van der Waals surface area contributed by atoms with Gasteiger partial charge in [0.1, 0.15) is 35.3 Å². The van der Waals surface area contributed by atoms with Crippen LogP contribution >= 0.6 is 0 Å². The van der Waals surface area contributed by atoms with E-state index in [9.17, 15) is 38.8 Å². The number of nitrogens with zero attached hydrogens (tertiary/aromatic N) is 1. The monoisotopic (exact) mass is 895 g/mol. The van der Waals surface area contributed by atoms with Gasteiger partial charge in [-0.15, -0.1) is 0 Å². The molecule has 4 aromatic rings. The Labute approximate surface area is 377 Å².